The van der Waals surface area contributed by atoms with Crippen LogP contribution in [0, 0.1) is 5.41 Å². The molecule has 1 aliphatic carbocycles. The molecule has 1 fully saturated rings. The summed E-state index contributed by atoms with van der Waals surface area (Å²) >= 11 is 1.28. The van der Waals surface area contributed by atoms with Crippen LogP contribution in [-0.4, -0.2) is 26.4 Å². The van der Waals surface area contributed by atoms with Gasteiger partial charge in [0.2, 0.25) is 0 Å². The Morgan fingerprint density at radius 2 is 2.47 bits per heavy atom. The quantitative estimate of drug-likeness (QED) is 0.798. The van der Waals surface area contributed by atoms with E-state index in [0.29, 0.717) is 11.5 Å². The highest BCUT2D eigenvalue weighted by Gasteiger charge is 2.47. The van der Waals surface area contributed by atoms with E-state index in [1.54, 1.807) is 6.20 Å². The van der Waals surface area contributed by atoms with E-state index in [2.05, 4.69) is 23.4 Å². The van der Waals surface area contributed by atoms with Crippen molar-refractivity contribution >= 4 is 17.7 Å². The second-order valence-corrected chi connectivity index (χ2v) is 5.45. The molecule has 1 saturated carbocycles. The highest BCUT2D eigenvalue weighted by atomic mass is 32.2. The van der Waals surface area contributed by atoms with Crippen LogP contribution < -0.4 is 0 Å². The van der Waals surface area contributed by atoms with Gasteiger partial charge in [-0.2, -0.15) is 0 Å². The van der Waals surface area contributed by atoms with E-state index in [-0.39, 0.29) is 5.75 Å². The van der Waals surface area contributed by atoms with E-state index in [1.807, 2.05) is 6.20 Å². The predicted molar refractivity (Wildman–Crippen MR) is 58.0 cm³/mol. The zero-order valence-corrected chi connectivity index (χ0v) is 9.62. The molecule has 1 aromatic rings. The number of nitrogens with zero attached hydrogens (tertiary/aromatic N) is 2. The van der Waals surface area contributed by atoms with Gasteiger partial charge in [-0.1, -0.05) is 25.6 Å². The van der Waals surface area contributed by atoms with Crippen molar-refractivity contribution in [3.63, 3.8) is 0 Å². The second kappa shape index (κ2) is 3.56. The number of thioether (sulfide) groups is 1. The standard InChI is InChI=1S/C10H14N2O2S/c1-10(2)5-7(10)12-4-3-11-9(12)15-6-8(13)14/h3-4,7H,5-6H2,1-2H3,(H,13,14). The molecule has 0 spiro atoms. The van der Waals surface area contributed by atoms with Gasteiger partial charge >= 0.3 is 5.97 Å². The van der Waals surface area contributed by atoms with E-state index in [9.17, 15) is 4.79 Å². The van der Waals surface area contributed by atoms with Crippen LogP contribution in [0.3, 0.4) is 0 Å². The van der Waals surface area contributed by atoms with Gasteiger partial charge < -0.3 is 9.67 Å². The van der Waals surface area contributed by atoms with Crippen molar-refractivity contribution in [2.75, 3.05) is 5.75 Å². The summed E-state index contributed by atoms with van der Waals surface area (Å²) in [5.74, 6) is -0.728. The molecular formula is C10H14N2O2S. The summed E-state index contributed by atoms with van der Waals surface area (Å²) < 4.78 is 2.09. The molecule has 0 bridgehead atoms. The predicted octanol–water partition coefficient (Wildman–Crippen LogP) is 2.03. The monoisotopic (exact) mass is 226 g/mol. The molecule has 1 N–H and O–H groups in total. The number of carboxylic acid groups (broad SMARTS) is 1. The molecule has 0 aromatic carbocycles. The molecule has 1 aliphatic rings. The van der Waals surface area contributed by atoms with Crippen molar-refractivity contribution in [3.8, 4) is 0 Å². The first kappa shape index (κ1) is 10.5. The number of imidazole rings is 1. The van der Waals surface area contributed by atoms with Crippen molar-refractivity contribution in [3.05, 3.63) is 12.4 Å². The summed E-state index contributed by atoms with van der Waals surface area (Å²) in [5, 5.41) is 9.42. The molecule has 82 valence electrons. The van der Waals surface area contributed by atoms with Crippen LogP contribution in [0.5, 0.6) is 0 Å². The molecule has 1 atom stereocenters. The molecule has 1 unspecified atom stereocenters. The van der Waals surface area contributed by atoms with Crippen molar-refractivity contribution in [2.24, 2.45) is 5.41 Å². The Kier molecular flexibility index (Phi) is 2.50. The third-order valence-electron chi connectivity index (χ3n) is 2.76. The Morgan fingerprint density at radius 3 is 3.00 bits per heavy atom. The Morgan fingerprint density at radius 1 is 1.80 bits per heavy atom. The maximum absolute atomic E-state index is 10.5. The number of hydrogen-bond acceptors (Lipinski definition) is 3. The van der Waals surface area contributed by atoms with Crippen molar-refractivity contribution in [1.29, 1.82) is 0 Å². The molecule has 0 radical (unpaired) electrons. The molecule has 1 heterocycles. The Balaban J connectivity index is 2.06. The van der Waals surface area contributed by atoms with Gasteiger partial charge in [0.25, 0.3) is 0 Å². The van der Waals surface area contributed by atoms with Gasteiger partial charge in [0, 0.05) is 18.4 Å². The minimum absolute atomic E-state index is 0.0736. The first-order chi connectivity index (χ1) is 7.00. The summed E-state index contributed by atoms with van der Waals surface area (Å²) in [6.07, 6.45) is 4.81. The summed E-state index contributed by atoms with van der Waals surface area (Å²) in [4.78, 5) is 14.6. The van der Waals surface area contributed by atoms with Crippen LogP contribution in [0.2, 0.25) is 0 Å². The summed E-state index contributed by atoms with van der Waals surface area (Å²) in [6, 6.07) is 0.483. The Hall–Kier alpha value is -0.970. The molecule has 5 heteroatoms. The molecule has 1 aromatic heterocycles. The van der Waals surface area contributed by atoms with Gasteiger partial charge in [-0.25, -0.2) is 4.98 Å². The van der Waals surface area contributed by atoms with Crippen molar-refractivity contribution in [1.82, 2.24) is 9.55 Å². The van der Waals surface area contributed by atoms with Gasteiger partial charge in [-0.3, -0.25) is 4.79 Å². The average Bonchev–Trinajstić information content (AvgIpc) is 2.62. The lowest BCUT2D eigenvalue weighted by molar-refractivity contribution is -0.133. The maximum Gasteiger partial charge on any atom is 0.313 e. The Labute approximate surface area is 92.7 Å². The Bertz CT molecular complexity index is 387. The van der Waals surface area contributed by atoms with Crippen LogP contribution in [0.15, 0.2) is 17.6 Å². The topological polar surface area (TPSA) is 55.1 Å². The molecule has 2 rings (SSSR count). The summed E-state index contributed by atoms with van der Waals surface area (Å²) in [7, 11) is 0. The molecule has 4 nitrogen and oxygen atoms in total. The SMILES string of the molecule is CC1(C)CC1n1ccnc1SCC(=O)O. The minimum Gasteiger partial charge on any atom is -0.481 e. The first-order valence-corrected chi connectivity index (χ1v) is 5.87. The minimum atomic E-state index is -0.801. The number of rotatable bonds is 4. The van der Waals surface area contributed by atoms with Gasteiger partial charge in [0.1, 0.15) is 0 Å². The zero-order chi connectivity index (χ0) is 11.1. The van der Waals surface area contributed by atoms with Gasteiger partial charge in [0.15, 0.2) is 5.16 Å². The van der Waals surface area contributed by atoms with Crippen LogP contribution in [0.1, 0.15) is 26.3 Å². The van der Waals surface area contributed by atoms with Crippen LogP contribution >= 0.6 is 11.8 Å². The highest BCUT2D eigenvalue weighted by molar-refractivity contribution is 7.99. The maximum atomic E-state index is 10.5. The van der Waals surface area contributed by atoms with Crippen molar-refractivity contribution in [2.45, 2.75) is 31.5 Å². The van der Waals surface area contributed by atoms with Gasteiger partial charge in [0.05, 0.1) is 5.75 Å². The first-order valence-electron chi connectivity index (χ1n) is 4.88. The molecular weight excluding hydrogens is 212 g/mol. The average molecular weight is 226 g/mol. The van der Waals surface area contributed by atoms with E-state index < -0.39 is 5.97 Å². The molecule has 0 aliphatic heterocycles. The number of aliphatic carboxylic acids is 1. The lowest BCUT2D eigenvalue weighted by Gasteiger charge is -2.08. The lowest BCUT2D eigenvalue weighted by atomic mass is 10.2. The molecule has 15 heavy (non-hydrogen) atoms. The highest BCUT2D eigenvalue weighted by Crippen LogP contribution is 2.56. The van der Waals surface area contributed by atoms with Crippen LogP contribution in [0.4, 0.5) is 0 Å². The third kappa shape index (κ3) is 2.17. The number of aromatic nitrogens is 2. The fourth-order valence-electron chi connectivity index (χ4n) is 1.69. The normalized spacial score (nSPS) is 22.7. The fourth-order valence-corrected chi connectivity index (χ4v) is 2.41. The molecule has 0 amide bonds. The largest absolute Gasteiger partial charge is 0.481 e. The number of carbonyl (C=O) groups is 1. The smallest absolute Gasteiger partial charge is 0.313 e. The number of carboxylic acids is 1. The second-order valence-electron chi connectivity index (χ2n) is 4.51. The van der Waals surface area contributed by atoms with E-state index in [4.69, 9.17) is 5.11 Å². The van der Waals surface area contributed by atoms with Gasteiger partial charge in [-0.05, 0) is 11.8 Å². The fraction of sp³-hybridized carbons (Fsp3) is 0.600. The van der Waals surface area contributed by atoms with E-state index in [1.165, 1.54) is 11.8 Å². The molecule has 0 saturated heterocycles. The summed E-state index contributed by atoms with van der Waals surface area (Å²) in [5.41, 5.74) is 0.333. The number of hydrogen-bond donors (Lipinski definition) is 1. The van der Waals surface area contributed by atoms with Crippen molar-refractivity contribution < 1.29 is 9.90 Å². The van der Waals surface area contributed by atoms with Gasteiger partial charge in [-0.15, -0.1) is 0 Å². The lowest BCUT2D eigenvalue weighted by Crippen LogP contribution is -2.04. The van der Waals surface area contributed by atoms with E-state index in [0.717, 1.165) is 11.6 Å². The van der Waals surface area contributed by atoms with Crippen LogP contribution in [-0.2, 0) is 4.79 Å². The van der Waals surface area contributed by atoms with E-state index >= 15 is 0 Å². The zero-order valence-electron chi connectivity index (χ0n) is 8.80. The third-order valence-corrected chi connectivity index (χ3v) is 3.72. The van der Waals surface area contributed by atoms with Crippen LogP contribution in [0.25, 0.3) is 0 Å². The summed E-state index contributed by atoms with van der Waals surface area (Å²) in [6.45, 7) is 4.42.